The Balaban J connectivity index is 1.81. The first kappa shape index (κ1) is 5.76. The van der Waals surface area contributed by atoms with Crippen LogP contribution in [0.5, 0.6) is 0 Å². The minimum absolute atomic E-state index is 0.968. The normalized spacial score (nSPS) is 41.7. The van der Waals surface area contributed by atoms with Gasteiger partial charge in [0.05, 0.1) is 0 Å². The van der Waals surface area contributed by atoms with Crippen molar-refractivity contribution >= 4 is 0 Å². The molecule has 0 saturated heterocycles. The van der Waals surface area contributed by atoms with Crippen LogP contribution in [0.25, 0.3) is 0 Å². The lowest BCUT2D eigenvalue weighted by atomic mass is 10.1. The van der Waals surface area contributed by atoms with Crippen LogP contribution in [0.3, 0.4) is 0 Å². The SMILES string of the molecule is CC(C)[C@H]1C[C@@H]1C1CC1. The molecule has 2 saturated carbocycles. The first-order chi connectivity index (χ1) is 4.29. The molecule has 0 N–H and O–H groups in total. The van der Waals surface area contributed by atoms with Gasteiger partial charge in [0.25, 0.3) is 0 Å². The van der Waals surface area contributed by atoms with Crippen LogP contribution in [0, 0.1) is 23.7 Å². The minimum atomic E-state index is 0.968. The zero-order valence-corrected chi connectivity index (χ0v) is 6.43. The zero-order chi connectivity index (χ0) is 6.43. The number of hydrogen-bond donors (Lipinski definition) is 0. The van der Waals surface area contributed by atoms with Crippen LogP contribution < -0.4 is 0 Å². The molecular weight excluding hydrogens is 108 g/mol. The Morgan fingerprint density at radius 1 is 1.22 bits per heavy atom. The lowest BCUT2D eigenvalue weighted by Gasteiger charge is -1.99. The molecule has 2 aliphatic carbocycles. The van der Waals surface area contributed by atoms with Crippen LogP contribution in [-0.4, -0.2) is 0 Å². The zero-order valence-electron chi connectivity index (χ0n) is 6.43. The van der Waals surface area contributed by atoms with Gasteiger partial charge in [-0.25, -0.2) is 0 Å². The maximum Gasteiger partial charge on any atom is -0.0352 e. The van der Waals surface area contributed by atoms with E-state index in [0.29, 0.717) is 0 Å². The maximum absolute atomic E-state index is 2.37. The smallest absolute Gasteiger partial charge is 0.0352 e. The Morgan fingerprint density at radius 3 is 2.22 bits per heavy atom. The van der Waals surface area contributed by atoms with Crippen molar-refractivity contribution in [3.63, 3.8) is 0 Å². The molecule has 2 rings (SSSR count). The summed E-state index contributed by atoms with van der Waals surface area (Å²) in [6.07, 6.45) is 4.66. The predicted octanol–water partition coefficient (Wildman–Crippen LogP) is 2.69. The third kappa shape index (κ3) is 0.997. The Labute approximate surface area is 57.6 Å². The molecule has 0 aromatic carbocycles. The summed E-state index contributed by atoms with van der Waals surface area (Å²) in [6, 6.07) is 0. The summed E-state index contributed by atoms with van der Waals surface area (Å²) < 4.78 is 0. The molecule has 0 amide bonds. The van der Waals surface area contributed by atoms with Crippen LogP contribution in [-0.2, 0) is 0 Å². The summed E-state index contributed by atoms with van der Waals surface area (Å²) in [5.41, 5.74) is 0. The van der Waals surface area contributed by atoms with Gasteiger partial charge in [0.15, 0.2) is 0 Å². The largest absolute Gasteiger partial charge is 0.0625 e. The van der Waals surface area contributed by atoms with Crippen LogP contribution in [0.1, 0.15) is 33.1 Å². The van der Waals surface area contributed by atoms with Crippen LogP contribution in [0.2, 0.25) is 0 Å². The van der Waals surface area contributed by atoms with Crippen molar-refractivity contribution in [3.8, 4) is 0 Å². The van der Waals surface area contributed by atoms with Crippen molar-refractivity contribution in [2.24, 2.45) is 23.7 Å². The van der Waals surface area contributed by atoms with E-state index in [-0.39, 0.29) is 0 Å². The molecule has 0 aromatic heterocycles. The van der Waals surface area contributed by atoms with Crippen LogP contribution in [0.4, 0.5) is 0 Å². The molecule has 2 fully saturated rings. The molecule has 0 aliphatic heterocycles. The third-order valence-corrected chi connectivity index (χ3v) is 2.97. The van der Waals surface area contributed by atoms with E-state index in [1.807, 2.05) is 0 Å². The van der Waals surface area contributed by atoms with Crippen molar-refractivity contribution < 1.29 is 0 Å². The molecule has 0 radical (unpaired) electrons. The molecule has 9 heavy (non-hydrogen) atoms. The van der Waals surface area contributed by atoms with Gasteiger partial charge in [0.2, 0.25) is 0 Å². The van der Waals surface area contributed by atoms with Crippen LogP contribution in [0.15, 0.2) is 0 Å². The van der Waals surface area contributed by atoms with E-state index in [1.165, 1.54) is 11.8 Å². The first-order valence-electron chi connectivity index (χ1n) is 4.29. The fourth-order valence-corrected chi connectivity index (χ4v) is 2.07. The van der Waals surface area contributed by atoms with Crippen LogP contribution >= 0.6 is 0 Å². The van der Waals surface area contributed by atoms with Gasteiger partial charge in [0.1, 0.15) is 0 Å². The van der Waals surface area contributed by atoms with E-state index in [4.69, 9.17) is 0 Å². The van der Waals surface area contributed by atoms with Crippen molar-refractivity contribution in [2.75, 3.05) is 0 Å². The Kier molecular flexibility index (Phi) is 1.12. The first-order valence-corrected chi connectivity index (χ1v) is 4.29. The van der Waals surface area contributed by atoms with Gasteiger partial charge < -0.3 is 0 Å². The van der Waals surface area contributed by atoms with Gasteiger partial charge in [-0.15, -0.1) is 0 Å². The van der Waals surface area contributed by atoms with Gasteiger partial charge in [-0.3, -0.25) is 0 Å². The summed E-state index contributed by atoms with van der Waals surface area (Å²) >= 11 is 0. The average molecular weight is 124 g/mol. The second kappa shape index (κ2) is 1.74. The summed E-state index contributed by atoms with van der Waals surface area (Å²) in [5.74, 6) is 4.44. The lowest BCUT2D eigenvalue weighted by molar-refractivity contribution is 0.494. The molecule has 0 spiro atoms. The molecule has 0 aromatic rings. The van der Waals surface area contributed by atoms with E-state index in [0.717, 1.165) is 11.8 Å². The molecule has 2 aliphatic rings. The van der Waals surface area contributed by atoms with Gasteiger partial charge in [-0.1, -0.05) is 13.8 Å². The minimum Gasteiger partial charge on any atom is -0.0625 e. The second-order valence-electron chi connectivity index (χ2n) is 4.14. The Morgan fingerprint density at radius 2 is 1.89 bits per heavy atom. The van der Waals surface area contributed by atoms with E-state index in [2.05, 4.69) is 13.8 Å². The van der Waals surface area contributed by atoms with E-state index in [9.17, 15) is 0 Å². The van der Waals surface area contributed by atoms with Gasteiger partial charge in [-0.2, -0.15) is 0 Å². The highest BCUT2D eigenvalue weighted by Gasteiger charge is 2.48. The highest BCUT2D eigenvalue weighted by Crippen LogP contribution is 2.56. The van der Waals surface area contributed by atoms with Crippen molar-refractivity contribution in [3.05, 3.63) is 0 Å². The molecule has 0 nitrogen and oxygen atoms in total. The summed E-state index contributed by atoms with van der Waals surface area (Å²) in [5, 5.41) is 0. The number of hydrogen-bond acceptors (Lipinski definition) is 0. The number of rotatable bonds is 2. The third-order valence-electron chi connectivity index (χ3n) is 2.97. The van der Waals surface area contributed by atoms with Crippen molar-refractivity contribution in [1.82, 2.24) is 0 Å². The molecule has 0 heteroatoms. The monoisotopic (exact) mass is 124 g/mol. The van der Waals surface area contributed by atoms with Gasteiger partial charge in [-0.05, 0) is 42.9 Å². The Hall–Kier alpha value is 0. The summed E-state index contributed by atoms with van der Waals surface area (Å²) in [7, 11) is 0. The highest BCUT2D eigenvalue weighted by molar-refractivity contribution is 4.97. The summed E-state index contributed by atoms with van der Waals surface area (Å²) in [4.78, 5) is 0. The standard InChI is InChI=1S/C9H16/c1-6(2)8-5-9(8)7-3-4-7/h6-9H,3-5H2,1-2H3/t8-,9-/m1/s1. The highest BCUT2D eigenvalue weighted by atomic mass is 14.5. The average Bonchev–Trinajstić information content (AvgIpc) is 2.60. The molecule has 52 valence electrons. The fourth-order valence-electron chi connectivity index (χ4n) is 2.07. The van der Waals surface area contributed by atoms with Gasteiger partial charge >= 0.3 is 0 Å². The molecule has 2 atom stereocenters. The predicted molar refractivity (Wildman–Crippen MR) is 39.2 cm³/mol. The van der Waals surface area contributed by atoms with E-state index >= 15 is 0 Å². The van der Waals surface area contributed by atoms with E-state index in [1.54, 1.807) is 19.3 Å². The fraction of sp³-hybridized carbons (Fsp3) is 1.00. The second-order valence-corrected chi connectivity index (χ2v) is 4.14. The molecule has 0 bridgehead atoms. The van der Waals surface area contributed by atoms with Gasteiger partial charge in [0, 0.05) is 0 Å². The molecular formula is C9H16. The van der Waals surface area contributed by atoms with Crippen molar-refractivity contribution in [2.45, 2.75) is 33.1 Å². The lowest BCUT2D eigenvalue weighted by Crippen LogP contribution is -1.93. The maximum atomic E-state index is 2.37. The molecule has 0 unspecified atom stereocenters. The quantitative estimate of drug-likeness (QED) is 0.531. The molecule has 0 heterocycles. The van der Waals surface area contributed by atoms with Crippen molar-refractivity contribution in [1.29, 1.82) is 0 Å². The topological polar surface area (TPSA) is 0 Å². The summed E-state index contributed by atoms with van der Waals surface area (Å²) in [6.45, 7) is 4.74. The Bertz CT molecular complexity index is 105. The van der Waals surface area contributed by atoms with E-state index < -0.39 is 0 Å².